The molecule has 4 rings (SSSR count). The summed E-state index contributed by atoms with van der Waals surface area (Å²) >= 11 is 1.27. The lowest BCUT2D eigenvalue weighted by molar-refractivity contribution is -0.142. The number of amides is 13. The molecule has 0 radical (unpaired) electrons. The van der Waals surface area contributed by atoms with Crippen LogP contribution in [0.2, 0.25) is 0 Å². The summed E-state index contributed by atoms with van der Waals surface area (Å²) in [5.74, 6) is -16.0. The van der Waals surface area contributed by atoms with Gasteiger partial charge in [-0.15, -0.1) is 0 Å². The molecule has 13 amide bonds. The molecule has 0 saturated carbocycles. The predicted molar refractivity (Wildman–Crippen MR) is 318 cm³/mol. The highest BCUT2D eigenvalue weighted by Gasteiger charge is 2.37. The standard InChI is InChI=1S/C56H75N15O19S/c1-27(48(82)67-38(21-31-24-59-26-61-31)52(86)65-35(17-18-91-3)51(85)70-39(22-44(77)78)53(87)66-36(47(58)81)19-29-7-5-4-6-8-29)62-43(76)25-60-56(90)46(28(2)72)71-55(89)37(20-30-9-11-32(73)12-10-30)68-54(88)40(23-45(79)80)69-50(84)34(13-15-41(57)74)64-49(83)33-14-16-42(75)63-33/h4-12,24,26-28,33-40,46,72-73H,13-23,25H2,1-3H3,(H2,57,74)(H2,58,81)(H,59,61)(H,60,90)(H,62,76)(H,63,75)(H,64,83)(H,65,86)(H,66,87)(H,67,82)(H,68,88)(H,69,84)(H,70,85)(H,71,89)(H,77,78)(H,79,80)/t27-,28+,33-,34-,35-,36-,37-,38-,39-,40-,46-/m0/s1. The molecule has 91 heavy (non-hydrogen) atoms. The number of hydrogen-bond donors (Lipinski definition) is 18. The Morgan fingerprint density at radius 3 is 1.65 bits per heavy atom. The first-order valence-electron chi connectivity index (χ1n) is 28.3. The summed E-state index contributed by atoms with van der Waals surface area (Å²) in [7, 11) is 0. The number of primary amides is 2. The lowest BCUT2D eigenvalue weighted by Gasteiger charge is -2.27. The van der Waals surface area contributed by atoms with Crippen LogP contribution < -0.4 is 70.0 Å². The molecule has 3 aromatic rings. The second kappa shape index (κ2) is 36.3. The second-order valence-electron chi connectivity index (χ2n) is 21.0. The number of phenolic OH excluding ortho intramolecular Hbond substituents is 1. The van der Waals surface area contributed by atoms with Crippen molar-refractivity contribution in [3.63, 3.8) is 0 Å². The maximum atomic E-state index is 14.1. The van der Waals surface area contributed by atoms with Crippen molar-refractivity contribution in [2.75, 3.05) is 18.6 Å². The van der Waals surface area contributed by atoms with Crippen LogP contribution in [0.5, 0.6) is 5.75 Å². The molecule has 20 N–H and O–H groups in total. The van der Waals surface area contributed by atoms with Crippen molar-refractivity contribution in [1.29, 1.82) is 0 Å². The zero-order valence-corrected chi connectivity index (χ0v) is 50.4. The smallest absolute Gasteiger partial charge is 0.305 e. The van der Waals surface area contributed by atoms with Crippen LogP contribution in [0.3, 0.4) is 0 Å². The number of aliphatic hydroxyl groups excluding tert-OH is 1. The first-order valence-corrected chi connectivity index (χ1v) is 29.7. The molecule has 2 heterocycles. The summed E-state index contributed by atoms with van der Waals surface area (Å²) in [5.41, 5.74) is 12.0. The van der Waals surface area contributed by atoms with Gasteiger partial charge >= 0.3 is 11.9 Å². The number of nitrogens with one attached hydrogen (secondary N) is 12. The number of H-pyrrole nitrogens is 1. The third-order valence-electron chi connectivity index (χ3n) is 13.7. The molecule has 0 spiro atoms. The number of carbonyl (C=O) groups excluding carboxylic acids is 13. The molecule has 1 aromatic heterocycles. The number of hydrogen-bond acceptors (Lipinski definition) is 19. The monoisotopic (exact) mass is 1290 g/mol. The molecule has 1 aliphatic rings. The van der Waals surface area contributed by atoms with Crippen LogP contribution in [0.4, 0.5) is 0 Å². The topological polar surface area (TPSA) is 550 Å². The molecule has 35 heteroatoms. The minimum Gasteiger partial charge on any atom is -0.508 e. The maximum Gasteiger partial charge on any atom is 0.305 e. The van der Waals surface area contributed by atoms with E-state index in [1.165, 1.54) is 55.5 Å². The van der Waals surface area contributed by atoms with Gasteiger partial charge in [-0.25, -0.2) is 4.98 Å². The summed E-state index contributed by atoms with van der Waals surface area (Å²) < 4.78 is 0. The molecule has 1 fully saturated rings. The van der Waals surface area contributed by atoms with Crippen LogP contribution >= 0.6 is 11.8 Å². The van der Waals surface area contributed by atoms with E-state index >= 15 is 0 Å². The predicted octanol–water partition coefficient (Wildman–Crippen LogP) is -6.24. The van der Waals surface area contributed by atoms with E-state index in [9.17, 15) is 92.3 Å². The van der Waals surface area contributed by atoms with E-state index in [2.05, 4.69) is 68.5 Å². The Kier molecular flexibility index (Phi) is 29.3. The molecule has 2 aromatic carbocycles. The van der Waals surface area contributed by atoms with Crippen LogP contribution in [0.25, 0.3) is 0 Å². The molecule has 34 nitrogen and oxygen atoms in total. The second-order valence-corrected chi connectivity index (χ2v) is 22.0. The van der Waals surface area contributed by atoms with Gasteiger partial charge in [-0.1, -0.05) is 42.5 Å². The average molecular weight is 1290 g/mol. The average Bonchev–Trinajstić information content (AvgIpc) is 3.65. The lowest BCUT2D eigenvalue weighted by atomic mass is 10.0. The van der Waals surface area contributed by atoms with Gasteiger partial charge in [0, 0.05) is 44.0 Å². The maximum absolute atomic E-state index is 14.1. The van der Waals surface area contributed by atoms with Gasteiger partial charge in [0.2, 0.25) is 76.8 Å². The Bertz CT molecular complexity index is 3100. The van der Waals surface area contributed by atoms with Gasteiger partial charge in [0.05, 0.1) is 31.8 Å². The van der Waals surface area contributed by atoms with Gasteiger partial charge in [0.15, 0.2) is 0 Å². The SMILES string of the molecule is CSCC[C@H](NC(=O)[C@H](Cc1cnc[nH]1)NC(=O)[C@H](C)NC(=O)CNC(=O)[C@@H](NC(=O)[C@H](Cc1ccc(O)cc1)NC(=O)[C@H](CC(=O)O)NC(=O)[C@H](CCC(N)=O)NC(=O)[C@@H]1CCC(=O)N1)[C@@H](C)O)C(=O)N[C@@H](CC(=O)O)C(=O)N[C@@H](Cc1ccccc1)C(N)=O. The number of rotatable bonds is 38. The number of aliphatic carboxylic acids is 2. The Hall–Kier alpha value is -10.2. The number of carboxylic acid groups (broad SMARTS) is 2. The van der Waals surface area contributed by atoms with Crippen molar-refractivity contribution in [2.45, 2.75) is 145 Å². The Morgan fingerprint density at radius 1 is 0.615 bits per heavy atom. The van der Waals surface area contributed by atoms with E-state index in [-0.39, 0.29) is 49.2 Å². The number of thioether (sulfide) groups is 1. The van der Waals surface area contributed by atoms with Gasteiger partial charge in [0.1, 0.15) is 66.2 Å². The summed E-state index contributed by atoms with van der Waals surface area (Å²) in [5, 5.41) is 65.9. The van der Waals surface area contributed by atoms with Crippen LogP contribution in [-0.4, -0.2) is 204 Å². The largest absolute Gasteiger partial charge is 0.508 e. The molecule has 0 bridgehead atoms. The van der Waals surface area contributed by atoms with Crippen molar-refractivity contribution in [2.24, 2.45) is 11.5 Å². The number of nitrogens with zero attached hydrogens (tertiary/aromatic N) is 1. The fraction of sp³-hybridized carbons (Fsp3) is 0.464. The van der Waals surface area contributed by atoms with E-state index < -0.39 is 194 Å². The summed E-state index contributed by atoms with van der Waals surface area (Å²) in [6.45, 7) is 1.38. The highest BCUT2D eigenvalue weighted by molar-refractivity contribution is 7.98. The number of nitrogens with two attached hydrogens (primary N) is 2. The number of carboxylic acids is 2. The fourth-order valence-electron chi connectivity index (χ4n) is 8.84. The third kappa shape index (κ3) is 25.4. The summed E-state index contributed by atoms with van der Waals surface area (Å²) in [6.07, 6.45) is -1.13. The van der Waals surface area contributed by atoms with Crippen LogP contribution in [0.15, 0.2) is 67.1 Å². The van der Waals surface area contributed by atoms with Gasteiger partial charge < -0.3 is 95.4 Å². The number of aromatic amines is 1. The zero-order valence-electron chi connectivity index (χ0n) is 49.6. The molecule has 0 aliphatic carbocycles. The highest BCUT2D eigenvalue weighted by atomic mass is 32.2. The number of aromatic hydroxyl groups is 1. The number of carbonyl (C=O) groups is 15. The molecule has 11 atom stereocenters. The fourth-order valence-corrected chi connectivity index (χ4v) is 9.31. The normalized spacial score (nSPS) is 15.8. The molecule has 494 valence electrons. The molecular formula is C56H75N15O19S. The Labute approximate surface area is 523 Å². The van der Waals surface area contributed by atoms with Crippen molar-refractivity contribution in [3.05, 3.63) is 83.9 Å². The number of imidazole rings is 1. The van der Waals surface area contributed by atoms with Gasteiger partial charge in [0.25, 0.3) is 0 Å². The third-order valence-corrected chi connectivity index (χ3v) is 14.4. The Balaban J connectivity index is 1.45. The minimum atomic E-state index is -1.98. The van der Waals surface area contributed by atoms with E-state index in [1.54, 1.807) is 36.6 Å². The van der Waals surface area contributed by atoms with Crippen molar-refractivity contribution >= 4 is 100 Å². The van der Waals surface area contributed by atoms with E-state index in [4.69, 9.17) is 11.5 Å². The number of benzene rings is 2. The number of aliphatic hydroxyl groups is 1. The Morgan fingerprint density at radius 2 is 1.12 bits per heavy atom. The van der Waals surface area contributed by atoms with Gasteiger partial charge in [-0.05, 0) is 68.4 Å². The zero-order chi connectivity index (χ0) is 67.5. The number of aromatic nitrogens is 2. The van der Waals surface area contributed by atoms with Gasteiger partial charge in [-0.2, -0.15) is 11.8 Å². The van der Waals surface area contributed by atoms with Crippen molar-refractivity contribution < 1.29 is 92.3 Å². The molecule has 1 saturated heterocycles. The number of phenols is 1. The van der Waals surface area contributed by atoms with Gasteiger partial charge in [-0.3, -0.25) is 71.9 Å². The van der Waals surface area contributed by atoms with E-state index in [0.29, 0.717) is 11.3 Å². The summed E-state index contributed by atoms with van der Waals surface area (Å²) in [6, 6.07) is -2.17. The molecular weight excluding hydrogens is 1220 g/mol. The summed E-state index contributed by atoms with van der Waals surface area (Å²) in [4.78, 5) is 203. The van der Waals surface area contributed by atoms with Crippen molar-refractivity contribution in [1.82, 2.24) is 68.5 Å². The van der Waals surface area contributed by atoms with Crippen LogP contribution in [0, 0.1) is 0 Å². The highest BCUT2D eigenvalue weighted by Crippen LogP contribution is 2.14. The van der Waals surface area contributed by atoms with Crippen LogP contribution in [0.1, 0.15) is 75.6 Å². The van der Waals surface area contributed by atoms with E-state index in [1.807, 2.05) is 0 Å². The first-order chi connectivity index (χ1) is 43.0. The minimum absolute atomic E-state index is 0.00472. The molecule has 0 unspecified atom stereocenters. The molecule has 1 aliphatic heterocycles. The quantitative estimate of drug-likeness (QED) is 0.0254. The first kappa shape index (κ1) is 73.3. The van der Waals surface area contributed by atoms with E-state index in [0.717, 1.165) is 6.92 Å². The van der Waals surface area contributed by atoms with Crippen LogP contribution in [-0.2, 0) is 91.2 Å². The lowest BCUT2D eigenvalue weighted by Crippen LogP contribution is -2.61. The van der Waals surface area contributed by atoms with Crippen molar-refractivity contribution in [3.8, 4) is 5.75 Å².